The number of urea groups is 1. The van der Waals surface area contributed by atoms with E-state index in [4.69, 9.17) is 0 Å². The minimum absolute atomic E-state index is 0.114. The van der Waals surface area contributed by atoms with Gasteiger partial charge < -0.3 is 15.0 Å². The second-order valence-corrected chi connectivity index (χ2v) is 4.60. The molecule has 0 saturated carbocycles. The van der Waals surface area contributed by atoms with E-state index in [0.29, 0.717) is 5.69 Å². The molecular formula is C13H15FN4O4. The first-order valence-corrected chi connectivity index (χ1v) is 6.46. The average molecular weight is 310 g/mol. The molecule has 1 aromatic rings. The molecule has 9 heteroatoms. The summed E-state index contributed by atoms with van der Waals surface area (Å²) in [5, 5.41) is 2.54. The summed E-state index contributed by atoms with van der Waals surface area (Å²) in [7, 11) is 1.16. The van der Waals surface area contributed by atoms with Gasteiger partial charge in [0.25, 0.3) is 0 Å². The fourth-order valence-corrected chi connectivity index (χ4v) is 2.06. The lowest BCUT2D eigenvalue weighted by molar-refractivity contribution is -0.117. The minimum atomic E-state index is -0.814. The first-order chi connectivity index (χ1) is 10.5. The second kappa shape index (κ2) is 6.74. The Morgan fingerprint density at radius 3 is 2.59 bits per heavy atom. The van der Waals surface area contributed by atoms with Gasteiger partial charge in [0.2, 0.25) is 5.91 Å². The van der Waals surface area contributed by atoms with E-state index in [9.17, 15) is 18.8 Å². The molecule has 2 rings (SSSR count). The monoisotopic (exact) mass is 310 g/mol. The Kier molecular flexibility index (Phi) is 4.77. The number of carbonyl (C=O) groups excluding carboxylic acids is 3. The van der Waals surface area contributed by atoms with Crippen LogP contribution in [0.1, 0.15) is 6.42 Å². The number of rotatable bonds is 2. The van der Waals surface area contributed by atoms with Crippen LogP contribution in [-0.4, -0.2) is 37.7 Å². The maximum absolute atomic E-state index is 12.9. The summed E-state index contributed by atoms with van der Waals surface area (Å²) in [5.74, 6) is -0.573. The van der Waals surface area contributed by atoms with Gasteiger partial charge >= 0.3 is 12.1 Å². The van der Waals surface area contributed by atoms with Crippen molar-refractivity contribution in [1.29, 1.82) is 0 Å². The number of nitrogens with zero attached hydrogens (tertiary/aromatic N) is 1. The van der Waals surface area contributed by atoms with Crippen molar-refractivity contribution < 1.29 is 23.5 Å². The van der Waals surface area contributed by atoms with E-state index in [1.807, 2.05) is 5.43 Å². The lowest BCUT2D eigenvalue weighted by Crippen LogP contribution is -2.50. The minimum Gasteiger partial charge on any atom is -0.452 e. The van der Waals surface area contributed by atoms with Gasteiger partial charge in [-0.05, 0) is 24.3 Å². The second-order valence-electron chi connectivity index (χ2n) is 4.60. The Labute approximate surface area is 125 Å². The SMILES string of the molecule is COC(=O)NNC(=O)NC1CC(=O)N(c2ccc(F)cc2)C1. The highest BCUT2D eigenvalue weighted by molar-refractivity contribution is 5.96. The van der Waals surface area contributed by atoms with Gasteiger partial charge in [-0.25, -0.2) is 24.8 Å². The van der Waals surface area contributed by atoms with Gasteiger partial charge in [0.1, 0.15) is 5.82 Å². The number of hydrogen-bond acceptors (Lipinski definition) is 4. The Balaban J connectivity index is 1.88. The van der Waals surface area contributed by atoms with Gasteiger partial charge in [-0.1, -0.05) is 0 Å². The topological polar surface area (TPSA) is 99.8 Å². The third-order valence-electron chi connectivity index (χ3n) is 3.06. The van der Waals surface area contributed by atoms with Gasteiger partial charge in [0.05, 0.1) is 13.2 Å². The van der Waals surface area contributed by atoms with Crippen LogP contribution in [0, 0.1) is 5.82 Å². The largest absolute Gasteiger partial charge is 0.452 e. The zero-order valence-corrected chi connectivity index (χ0v) is 11.8. The third-order valence-corrected chi connectivity index (χ3v) is 3.06. The molecule has 0 bridgehead atoms. The number of nitrogens with one attached hydrogen (secondary N) is 3. The van der Waals surface area contributed by atoms with Crippen LogP contribution in [-0.2, 0) is 9.53 Å². The number of anilines is 1. The summed E-state index contributed by atoms with van der Waals surface area (Å²) >= 11 is 0. The van der Waals surface area contributed by atoms with Crippen LogP contribution in [0.25, 0.3) is 0 Å². The van der Waals surface area contributed by atoms with E-state index in [1.54, 1.807) is 0 Å². The number of methoxy groups -OCH3 is 1. The van der Waals surface area contributed by atoms with Crippen LogP contribution in [0.15, 0.2) is 24.3 Å². The highest BCUT2D eigenvalue weighted by Crippen LogP contribution is 2.21. The maximum Gasteiger partial charge on any atom is 0.425 e. The summed E-state index contributed by atoms with van der Waals surface area (Å²) < 4.78 is 17.2. The Bertz CT molecular complexity index is 578. The molecule has 1 aliphatic rings. The molecule has 22 heavy (non-hydrogen) atoms. The number of halogens is 1. The third kappa shape index (κ3) is 3.84. The van der Waals surface area contributed by atoms with Crippen molar-refractivity contribution in [3.8, 4) is 0 Å². The predicted octanol–water partition coefficient (Wildman–Crippen LogP) is 0.501. The number of hydrazine groups is 1. The fourth-order valence-electron chi connectivity index (χ4n) is 2.06. The molecule has 3 N–H and O–H groups in total. The number of carbonyl (C=O) groups is 3. The molecule has 4 amide bonds. The summed E-state index contributed by atoms with van der Waals surface area (Å²) in [6.07, 6.45) is -0.700. The molecule has 0 aromatic heterocycles. The van der Waals surface area contributed by atoms with E-state index in [2.05, 4.69) is 15.5 Å². The number of amides is 4. The van der Waals surface area contributed by atoms with E-state index in [1.165, 1.54) is 29.2 Å². The molecular weight excluding hydrogens is 295 g/mol. The van der Waals surface area contributed by atoms with Crippen molar-refractivity contribution >= 4 is 23.7 Å². The van der Waals surface area contributed by atoms with E-state index >= 15 is 0 Å². The highest BCUT2D eigenvalue weighted by Gasteiger charge is 2.31. The molecule has 1 aliphatic heterocycles. The predicted molar refractivity (Wildman–Crippen MR) is 74.4 cm³/mol. The Hall–Kier alpha value is -2.84. The van der Waals surface area contributed by atoms with Crippen molar-refractivity contribution in [3.05, 3.63) is 30.1 Å². The first kappa shape index (κ1) is 15.5. The summed E-state index contributed by atoms with van der Waals surface area (Å²) in [6, 6.07) is 4.43. The Morgan fingerprint density at radius 1 is 1.27 bits per heavy atom. The summed E-state index contributed by atoms with van der Waals surface area (Å²) in [6.45, 7) is 0.260. The first-order valence-electron chi connectivity index (χ1n) is 6.46. The smallest absolute Gasteiger partial charge is 0.425 e. The standard InChI is InChI=1S/C13H15FN4O4/c1-22-13(21)17-16-12(20)15-9-6-11(19)18(7-9)10-4-2-8(14)3-5-10/h2-5,9H,6-7H2,1H3,(H,17,21)(H2,15,16,20). The van der Waals surface area contributed by atoms with Crippen molar-refractivity contribution in [2.24, 2.45) is 0 Å². The highest BCUT2D eigenvalue weighted by atomic mass is 19.1. The van der Waals surface area contributed by atoms with Crippen LogP contribution in [0.4, 0.5) is 19.7 Å². The average Bonchev–Trinajstić information content (AvgIpc) is 2.86. The van der Waals surface area contributed by atoms with Crippen LogP contribution in [0.5, 0.6) is 0 Å². The molecule has 0 radical (unpaired) electrons. The molecule has 0 spiro atoms. The molecule has 1 aromatic carbocycles. The van der Waals surface area contributed by atoms with Crippen molar-refractivity contribution in [3.63, 3.8) is 0 Å². The lowest BCUT2D eigenvalue weighted by Gasteiger charge is -2.17. The van der Waals surface area contributed by atoms with Gasteiger partial charge in [-0.2, -0.15) is 0 Å². The molecule has 8 nitrogen and oxygen atoms in total. The summed E-state index contributed by atoms with van der Waals surface area (Å²) in [5.41, 5.74) is 4.65. The summed E-state index contributed by atoms with van der Waals surface area (Å²) in [4.78, 5) is 35.7. The Morgan fingerprint density at radius 2 is 1.95 bits per heavy atom. The van der Waals surface area contributed by atoms with Gasteiger partial charge in [-0.15, -0.1) is 0 Å². The van der Waals surface area contributed by atoms with E-state index < -0.39 is 24.0 Å². The van der Waals surface area contributed by atoms with Crippen LogP contribution < -0.4 is 21.1 Å². The number of ether oxygens (including phenoxy) is 1. The normalized spacial score (nSPS) is 17.1. The van der Waals surface area contributed by atoms with Gasteiger partial charge in [0.15, 0.2) is 0 Å². The zero-order valence-electron chi connectivity index (χ0n) is 11.8. The molecule has 1 saturated heterocycles. The van der Waals surface area contributed by atoms with Crippen LogP contribution in [0.2, 0.25) is 0 Å². The number of benzene rings is 1. The lowest BCUT2D eigenvalue weighted by atomic mass is 10.2. The van der Waals surface area contributed by atoms with Crippen LogP contribution in [0.3, 0.4) is 0 Å². The molecule has 1 atom stereocenters. The van der Waals surface area contributed by atoms with Gasteiger partial charge in [0, 0.05) is 18.7 Å². The fraction of sp³-hybridized carbons (Fsp3) is 0.308. The zero-order chi connectivity index (χ0) is 16.1. The molecule has 0 aliphatic carbocycles. The molecule has 118 valence electrons. The number of hydrogen-bond donors (Lipinski definition) is 3. The quantitative estimate of drug-likeness (QED) is 0.693. The molecule has 1 heterocycles. The van der Waals surface area contributed by atoms with Crippen molar-refractivity contribution in [2.75, 3.05) is 18.6 Å². The van der Waals surface area contributed by atoms with Gasteiger partial charge in [-0.3, -0.25) is 4.79 Å². The maximum atomic E-state index is 12.9. The van der Waals surface area contributed by atoms with Crippen molar-refractivity contribution in [1.82, 2.24) is 16.2 Å². The van der Waals surface area contributed by atoms with Crippen molar-refractivity contribution in [2.45, 2.75) is 12.5 Å². The van der Waals surface area contributed by atoms with Crippen LogP contribution >= 0.6 is 0 Å². The van der Waals surface area contributed by atoms with E-state index in [0.717, 1.165) is 7.11 Å². The molecule has 1 unspecified atom stereocenters. The molecule has 1 fully saturated rings. The van der Waals surface area contributed by atoms with E-state index in [-0.39, 0.29) is 18.9 Å².